The lowest BCUT2D eigenvalue weighted by Crippen LogP contribution is -2.13. The summed E-state index contributed by atoms with van der Waals surface area (Å²) in [5, 5.41) is 10.9. The summed E-state index contributed by atoms with van der Waals surface area (Å²) in [4.78, 5) is 16.7. The van der Waals surface area contributed by atoms with Crippen LogP contribution < -0.4 is 5.32 Å². The van der Waals surface area contributed by atoms with E-state index in [4.69, 9.17) is 0 Å². The Labute approximate surface area is 128 Å². The summed E-state index contributed by atoms with van der Waals surface area (Å²) in [6.07, 6.45) is 1.71. The van der Waals surface area contributed by atoms with Crippen LogP contribution in [-0.2, 0) is 5.41 Å². The maximum absolute atomic E-state index is 12.4. The Morgan fingerprint density at radius 3 is 2.68 bits per heavy atom. The molecular weight excluding hydrogens is 276 g/mol. The number of hydrogen-bond acceptors (Lipinski definition) is 3. The fourth-order valence-corrected chi connectivity index (χ4v) is 2.21. The number of anilines is 1. The number of aromatic amines is 1. The monoisotopic (exact) mass is 294 g/mol. The predicted molar refractivity (Wildman–Crippen MR) is 87.0 cm³/mol. The third kappa shape index (κ3) is 2.70. The number of rotatable bonds is 2. The maximum atomic E-state index is 12.4. The number of carbonyl (C=O) groups is 1. The molecule has 2 N–H and O–H groups in total. The zero-order valence-corrected chi connectivity index (χ0v) is 12.8. The minimum Gasteiger partial charge on any atom is -0.319 e. The van der Waals surface area contributed by atoms with Gasteiger partial charge in [0.25, 0.3) is 5.91 Å². The number of carbonyl (C=O) groups excluding carboxylic acids is 1. The standard InChI is InChI=1S/C17H18N4O/c1-17(2,3)14-10-13(20-21-14)16(22)19-12-8-4-6-11-7-5-9-18-15(11)12/h4-10H,1-3H3,(H,19,22)(H,20,21). The first-order valence-corrected chi connectivity index (χ1v) is 7.16. The summed E-state index contributed by atoms with van der Waals surface area (Å²) in [7, 11) is 0. The van der Waals surface area contributed by atoms with E-state index in [1.165, 1.54) is 0 Å². The van der Waals surface area contributed by atoms with Gasteiger partial charge in [0.15, 0.2) is 5.69 Å². The Morgan fingerprint density at radius 2 is 1.95 bits per heavy atom. The van der Waals surface area contributed by atoms with Gasteiger partial charge in [0.2, 0.25) is 0 Å². The van der Waals surface area contributed by atoms with Gasteiger partial charge in [-0.05, 0) is 18.2 Å². The molecule has 2 heterocycles. The summed E-state index contributed by atoms with van der Waals surface area (Å²) < 4.78 is 0. The van der Waals surface area contributed by atoms with Crippen LogP contribution >= 0.6 is 0 Å². The maximum Gasteiger partial charge on any atom is 0.276 e. The first-order valence-electron chi connectivity index (χ1n) is 7.16. The molecule has 3 aromatic rings. The van der Waals surface area contributed by atoms with Crippen molar-refractivity contribution in [3.05, 3.63) is 54.0 Å². The quantitative estimate of drug-likeness (QED) is 0.760. The van der Waals surface area contributed by atoms with Crippen LogP contribution in [0.4, 0.5) is 5.69 Å². The number of fused-ring (bicyclic) bond motifs is 1. The van der Waals surface area contributed by atoms with Gasteiger partial charge in [-0.3, -0.25) is 14.9 Å². The van der Waals surface area contributed by atoms with Gasteiger partial charge in [0, 0.05) is 22.7 Å². The van der Waals surface area contributed by atoms with Crippen LogP contribution in [-0.4, -0.2) is 21.1 Å². The second kappa shape index (κ2) is 5.26. The number of H-pyrrole nitrogens is 1. The third-order valence-electron chi connectivity index (χ3n) is 3.50. The SMILES string of the molecule is CC(C)(C)c1cc(C(=O)Nc2cccc3cccnc23)n[nH]1. The number of para-hydroxylation sites is 1. The number of nitrogens with zero attached hydrogens (tertiary/aromatic N) is 2. The molecule has 3 rings (SSSR count). The van der Waals surface area contributed by atoms with Crippen LogP contribution in [0.2, 0.25) is 0 Å². The Balaban J connectivity index is 1.89. The highest BCUT2D eigenvalue weighted by Gasteiger charge is 2.19. The number of benzene rings is 1. The summed E-state index contributed by atoms with van der Waals surface area (Å²) in [5.41, 5.74) is 2.67. The van der Waals surface area contributed by atoms with Crippen LogP contribution in [0, 0.1) is 0 Å². The number of aromatic nitrogens is 3. The molecule has 2 aromatic heterocycles. The zero-order valence-electron chi connectivity index (χ0n) is 12.8. The van der Waals surface area contributed by atoms with Gasteiger partial charge in [-0.2, -0.15) is 5.10 Å². The lowest BCUT2D eigenvalue weighted by atomic mass is 9.92. The van der Waals surface area contributed by atoms with Crippen molar-refractivity contribution in [1.82, 2.24) is 15.2 Å². The smallest absolute Gasteiger partial charge is 0.276 e. The van der Waals surface area contributed by atoms with E-state index in [1.807, 2.05) is 30.3 Å². The van der Waals surface area contributed by atoms with Crippen LogP contribution in [0.1, 0.15) is 37.0 Å². The van der Waals surface area contributed by atoms with E-state index in [-0.39, 0.29) is 11.3 Å². The average molecular weight is 294 g/mol. The van der Waals surface area contributed by atoms with E-state index in [2.05, 4.69) is 41.3 Å². The summed E-state index contributed by atoms with van der Waals surface area (Å²) in [6, 6.07) is 11.3. The molecule has 0 spiro atoms. The molecule has 1 amide bonds. The molecule has 0 aliphatic rings. The van der Waals surface area contributed by atoms with Gasteiger partial charge in [0.1, 0.15) is 0 Å². The second-order valence-electron chi connectivity index (χ2n) is 6.25. The van der Waals surface area contributed by atoms with Gasteiger partial charge in [0.05, 0.1) is 11.2 Å². The van der Waals surface area contributed by atoms with Crippen molar-refractivity contribution in [3.8, 4) is 0 Å². The number of amides is 1. The van der Waals surface area contributed by atoms with Gasteiger partial charge in [-0.25, -0.2) is 0 Å². The molecule has 0 radical (unpaired) electrons. The summed E-state index contributed by atoms with van der Waals surface area (Å²) >= 11 is 0. The molecule has 0 bridgehead atoms. The summed E-state index contributed by atoms with van der Waals surface area (Å²) in [5.74, 6) is -0.245. The molecule has 112 valence electrons. The van der Waals surface area contributed by atoms with Gasteiger partial charge in [-0.1, -0.05) is 39.0 Å². The Bertz CT molecular complexity index is 825. The molecule has 5 nitrogen and oxygen atoms in total. The van der Waals surface area contributed by atoms with E-state index in [0.29, 0.717) is 11.4 Å². The van der Waals surface area contributed by atoms with Crippen LogP contribution in [0.5, 0.6) is 0 Å². The Morgan fingerprint density at radius 1 is 1.18 bits per heavy atom. The van der Waals surface area contributed by atoms with Gasteiger partial charge in [-0.15, -0.1) is 0 Å². The zero-order chi connectivity index (χ0) is 15.7. The molecule has 1 aromatic carbocycles. The van der Waals surface area contributed by atoms with E-state index >= 15 is 0 Å². The van der Waals surface area contributed by atoms with Crippen molar-refractivity contribution in [2.45, 2.75) is 26.2 Å². The molecule has 0 aliphatic carbocycles. The highest BCUT2D eigenvalue weighted by molar-refractivity contribution is 6.07. The average Bonchev–Trinajstić information content (AvgIpc) is 2.98. The molecule has 5 heteroatoms. The largest absolute Gasteiger partial charge is 0.319 e. The molecule has 0 unspecified atom stereocenters. The molecule has 0 saturated carbocycles. The predicted octanol–water partition coefficient (Wildman–Crippen LogP) is 3.51. The van der Waals surface area contributed by atoms with Crippen molar-refractivity contribution in [3.63, 3.8) is 0 Å². The van der Waals surface area contributed by atoms with Crippen LogP contribution in [0.3, 0.4) is 0 Å². The fourth-order valence-electron chi connectivity index (χ4n) is 2.21. The highest BCUT2D eigenvalue weighted by atomic mass is 16.1. The lowest BCUT2D eigenvalue weighted by Gasteiger charge is -2.14. The summed E-state index contributed by atoms with van der Waals surface area (Å²) in [6.45, 7) is 6.20. The lowest BCUT2D eigenvalue weighted by molar-refractivity contribution is 0.102. The first kappa shape index (κ1) is 14.3. The van der Waals surface area contributed by atoms with E-state index in [9.17, 15) is 4.79 Å². The minimum absolute atomic E-state index is 0.0769. The van der Waals surface area contributed by atoms with Gasteiger partial charge >= 0.3 is 0 Å². The number of pyridine rings is 1. The van der Waals surface area contributed by atoms with Crippen LogP contribution in [0.25, 0.3) is 10.9 Å². The van der Waals surface area contributed by atoms with E-state index < -0.39 is 0 Å². The molecule has 22 heavy (non-hydrogen) atoms. The van der Waals surface area contributed by atoms with E-state index in [0.717, 1.165) is 16.6 Å². The normalized spacial score (nSPS) is 11.6. The minimum atomic E-state index is -0.245. The van der Waals surface area contributed by atoms with E-state index in [1.54, 1.807) is 12.3 Å². The molecule has 0 saturated heterocycles. The topological polar surface area (TPSA) is 70.7 Å². The Kier molecular flexibility index (Phi) is 3.41. The van der Waals surface area contributed by atoms with Gasteiger partial charge < -0.3 is 5.32 Å². The van der Waals surface area contributed by atoms with Crippen molar-refractivity contribution >= 4 is 22.5 Å². The molecule has 0 aliphatic heterocycles. The molecule has 0 fully saturated rings. The number of nitrogens with one attached hydrogen (secondary N) is 2. The Hall–Kier alpha value is -2.69. The van der Waals surface area contributed by atoms with Crippen molar-refractivity contribution < 1.29 is 4.79 Å². The first-order chi connectivity index (χ1) is 10.4. The molecule has 0 atom stereocenters. The number of hydrogen-bond donors (Lipinski definition) is 2. The third-order valence-corrected chi connectivity index (χ3v) is 3.50. The molecular formula is C17H18N4O. The second-order valence-corrected chi connectivity index (χ2v) is 6.25. The highest BCUT2D eigenvalue weighted by Crippen LogP contribution is 2.23. The van der Waals surface area contributed by atoms with Crippen molar-refractivity contribution in [2.24, 2.45) is 0 Å². The fraction of sp³-hybridized carbons (Fsp3) is 0.235. The van der Waals surface area contributed by atoms with Crippen molar-refractivity contribution in [2.75, 3.05) is 5.32 Å². The van der Waals surface area contributed by atoms with Crippen molar-refractivity contribution in [1.29, 1.82) is 0 Å². The van der Waals surface area contributed by atoms with Crippen LogP contribution in [0.15, 0.2) is 42.6 Å².